The summed E-state index contributed by atoms with van der Waals surface area (Å²) >= 11 is 1.60. The monoisotopic (exact) mass is 199 g/mol. The van der Waals surface area contributed by atoms with Crippen molar-refractivity contribution in [3.8, 4) is 0 Å². The Hall–Kier alpha value is -0.450. The minimum absolute atomic E-state index is 0.573. The first-order chi connectivity index (χ1) is 6.29. The molecule has 1 aromatic rings. The second kappa shape index (κ2) is 3.74. The first-order valence-corrected chi connectivity index (χ1v) is 5.35. The van der Waals surface area contributed by atoms with Crippen molar-refractivity contribution in [3.05, 3.63) is 16.6 Å². The third kappa shape index (κ3) is 2.27. The molecule has 0 bridgehead atoms. The van der Waals surface area contributed by atoms with Gasteiger partial charge in [-0.1, -0.05) is 0 Å². The van der Waals surface area contributed by atoms with E-state index in [2.05, 4.69) is 4.98 Å². The molecule has 1 saturated heterocycles. The summed E-state index contributed by atoms with van der Waals surface area (Å²) in [6.45, 7) is 1.34. The molecule has 1 N–H and O–H groups in total. The van der Waals surface area contributed by atoms with Gasteiger partial charge in [-0.05, 0) is 12.8 Å². The van der Waals surface area contributed by atoms with Gasteiger partial charge in [0.05, 0.1) is 10.6 Å². The van der Waals surface area contributed by atoms with Crippen LogP contribution in [-0.2, 0) is 11.2 Å². The summed E-state index contributed by atoms with van der Waals surface area (Å²) in [6, 6.07) is 0. The Balaban J connectivity index is 1.99. The third-order valence-corrected chi connectivity index (χ3v) is 3.17. The topological polar surface area (TPSA) is 42.4 Å². The molecule has 1 aromatic heterocycles. The summed E-state index contributed by atoms with van der Waals surface area (Å²) in [7, 11) is 0. The average Bonchev–Trinajstić information content (AvgIpc) is 2.57. The number of aromatic nitrogens is 1. The lowest BCUT2D eigenvalue weighted by Gasteiger charge is -2.31. The van der Waals surface area contributed by atoms with Crippen molar-refractivity contribution in [2.75, 3.05) is 13.2 Å². The molecule has 0 spiro atoms. The number of rotatable bonds is 2. The Labute approximate surface area is 81.4 Å². The molecule has 1 aliphatic heterocycles. The quantitative estimate of drug-likeness (QED) is 0.779. The molecule has 0 radical (unpaired) electrons. The fraction of sp³-hybridized carbons (Fsp3) is 0.667. The highest BCUT2D eigenvalue weighted by Gasteiger charge is 2.30. The number of hydrogen-bond acceptors (Lipinski definition) is 4. The molecule has 2 heterocycles. The van der Waals surface area contributed by atoms with Gasteiger partial charge in [-0.2, -0.15) is 0 Å². The lowest BCUT2D eigenvalue weighted by Crippen LogP contribution is -2.38. The Bertz CT molecular complexity index is 255. The van der Waals surface area contributed by atoms with E-state index in [0.29, 0.717) is 19.6 Å². The zero-order chi connectivity index (χ0) is 9.15. The lowest BCUT2D eigenvalue weighted by molar-refractivity contribution is -0.0625. The van der Waals surface area contributed by atoms with Gasteiger partial charge in [-0.3, -0.25) is 0 Å². The van der Waals surface area contributed by atoms with Crippen molar-refractivity contribution in [1.29, 1.82) is 0 Å². The Morgan fingerprint density at radius 1 is 1.54 bits per heavy atom. The minimum Gasteiger partial charge on any atom is -0.389 e. The average molecular weight is 199 g/mol. The molecule has 0 aromatic carbocycles. The van der Waals surface area contributed by atoms with Crippen LogP contribution in [0, 0.1) is 0 Å². The van der Waals surface area contributed by atoms with Crippen molar-refractivity contribution in [2.24, 2.45) is 0 Å². The molecule has 72 valence electrons. The van der Waals surface area contributed by atoms with E-state index in [9.17, 15) is 5.11 Å². The Morgan fingerprint density at radius 3 is 2.92 bits per heavy atom. The van der Waals surface area contributed by atoms with E-state index in [1.807, 2.05) is 5.38 Å². The van der Waals surface area contributed by atoms with Gasteiger partial charge in [0.2, 0.25) is 0 Å². The fourth-order valence-corrected chi connectivity index (χ4v) is 2.30. The molecule has 0 unspecified atom stereocenters. The van der Waals surface area contributed by atoms with Crippen LogP contribution in [0.5, 0.6) is 0 Å². The van der Waals surface area contributed by atoms with E-state index in [1.165, 1.54) is 0 Å². The number of ether oxygens (including phenoxy) is 1. The zero-order valence-corrected chi connectivity index (χ0v) is 8.22. The summed E-state index contributed by atoms with van der Waals surface area (Å²) in [6.07, 6.45) is 3.91. The van der Waals surface area contributed by atoms with Crippen molar-refractivity contribution in [1.82, 2.24) is 4.98 Å². The van der Waals surface area contributed by atoms with E-state index in [-0.39, 0.29) is 0 Å². The highest BCUT2D eigenvalue weighted by molar-refractivity contribution is 7.09. The van der Waals surface area contributed by atoms with E-state index >= 15 is 0 Å². The van der Waals surface area contributed by atoms with Gasteiger partial charge in [-0.25, -0.2) is 4.98 Å². The number of hydrogen-bond donors (Lipinski definition) is 1. The standard InChI is InChI=1S/C9H13NO2S/c11-9(1-4-12-5-2-9)7-8-10-3-6-13-8/h3,6,11H,1-2,4-5,7H2. The van der Waals surface area contributed by atoms with Gasteiger partial charge in [0, 0.05) is 31.2 Å². The maximum atomic E-state index is 10.1. The highest BCUT2D eigenvalue weighted by Crippen LogP contribution is 2.25. The lowest BCUT2D eigenvalue weighted by atomic mass is 9.91. The number of nitrogens with zero attached hydrogens (tertiary/aromatic N) is 1. The van der Waals surface area contributed by atoms with Crippen LogP contribution in [0.25, 0.3) is 0 Å². The molecule has 0 aliphatic carbocycles. The molecule has 4 heteroatoms. The number of aliphatic hydroxyl groups is 1. The highest BCUT2D eigenvalue weighted by atomic mass is 32.1. The van der Waals surface area contributed by atoms with Crippen molar-refractivity contribution in [2.45, 2.75) is 24.9 Å². The van der Waals surface area contributed by atoms with Crippen LogP contribution in [-0.4, -0.2) is 28.9 Å². The predicted molar refractivity (Wildman–Crippen MR) is 50.8 cm³/mol. The van der Waals surface area contributed by atoms with E-state index in [4.69, 9.17) is 4.74 Å². The van der Waals surface area contributed by atoms with Gasteiger partial charge < -0.3 is 9.84 Å². The molecule has 1 aliphatic rings. The summed E-state index contributed by atoms with van der Waals surface area (Å²) in [4.78, 5) is 4.17. The molecular formula is C9H13NO2S. The smallest absolute Gasteiger partial charge is 0.0953 e. The molecule has 0 saturated carbocycles. The molecular weight excluding hydrogens is 186 g/mol. The molecule has 13 heavy (non-hydrogen) atoms. The van der Waals surface area contributed by atoms with Gasteiger partial charge in [0.15, 0.2) is 0 Å². The van der Waals surface area contributed by atoms with Crippen LogP contribution in [0.1, 0.15) is 17.8 Å². The molecule has 2 rings (SSSR count). The maximum absolute atomic E-state index is 10.1. The van der Waals surface area contributed by atoms with E-state index < -0.39 is 5.60 Å². The normalized spacial score (nSPS) is 21.6. The SMILES string of the molecule is OC1(Cc2nccs2)CCOCC1. The zero-order valence-electron chi connectivity index (χ0n) is 7.40. The predicted octanol–water partition coefficient (Wildman–Crippen LogP) is 1.23. The van der Waals surface area contributed by atoms with Gasteiger partial charge in [0.25, 0.3) is 0 Å². The van der Waals surface area contributed by atoms with Crippen LogP contribution in [0.15, 0.2) is 11.6 Å². The molecule has 0 atom stereocenters. The molecule has 1 fully saturated rings. The molecule has 3 nitrogen and oxygen atoms in total. The largest absolute Gasteiger partial charge is 0.389 e. The van der Waals surface area contributed by atoms with Gasteiger partial charge >= 0.3 is 0 Å². The van der Waals surface area contributed by atoms with Crippen LogP contribution in [0.4, 0.5) is 0 Å². The Kier molecular flexibility index (Phi) is 2.62. The van der Waals surface area contributed by atoms with Crippen LogP contribution >= 0.6 is 11.3 Å². The first-order valence-electron chi connectivity index (χ1n) is 4.47. The van der Waals surface area contributed by atoms with E-state index in [1.54, 1.807) is 17.5 Å². The summed E-state index contributed by atoms with van der Waals surface area (Å²) in [5.41, 5.74) is -0.573. The second-order valence-corrected chi connectivity index (χ2v) is 4.42. The van der Waals surface area contributed by atoms with Gasteiger partial charge in [-0.15, -0.1) is 11.3 Å². The minimum atomic E-state index is -0.573. The van der Waals surface area contributed by atoms with Crippen molar-refractivity contribution < 1.29 is 9.84 Å². The maximum Gasteiger partial charge on any atom is 0.0953 e. The summed E-state index contributed by atoms with van der Waals surface area (Å²) in [5.74, 6) is 0. The third-order valence-electron chi connectivity index (χ3n) is 2.39. The van der Waals surface area contributed by atoms with Crippen molar-refractivity contribution in [3.63, 3.8) is 0 Å². The van der Waals surface area contributed by atoms with Crippen molar-refractivity contribution >= 4 is 11.3 Å². The van der Waals surface area contributed by atoms with Crippen LogP contribution in [0.3, 0.4) is 0 Å². The second-order valence-electron chi connectivity index (χ2n) is 3.44. The molecule has 0 amide bonds. The summed E-state index contributed by atoms with van der Waals surface area (Å²) < 4.78 is 5.21. The Morgan fingerprint density at radius 2 is 2.31 bits per heavy atom. The van der Waals surface area contributed by atoms with E-state index in [0.717, 1.165) is 17.8 Å². The number of thiazole rings is 1. The fourth-order valence-electron chi connectivity index (χ4n) is 1.55. The first kappa shape index (κ1) is 9.12. The van der Waals surface area contributed by atoms with Crippen LogP contribution in [0.2, 0.25) is 0 Å². The van der Waals surface area contributed by atoms with Crippen LogP contribution < -0.4 is 0 Å². The van der Waals surface area contributed by atoms with Gasteiger partial charge in [0.1, 0.15) is 0 Å². The summed E-state index contributed by atoms with van der Waals surface area (Å²) in [5, 5.41) is 13.1.